The summed E-state index contributed by atoms with van der Waals surface area (Å²) in [6, 6.07) is 50.0. The first-order valence-electron chi connectivity index (χ1n) is 23.1. The van der Waals surface area contributed by atoms with Crippen LogP contribution in [0, 0.1) is 32.1 Å². The van der Waals surface area contributed by atoms with E-state index < -0.39 is 35.2 Å². The lowest BCUT2D eigenvalue weighted by Crippen LogP contribution is -2.09. The number of nitrogens with zero attached hydrogens (tertiary/aromatic N) is 3. The predicted octanol–water partition coefficient (Wildman–Crippen LogP) is 18.4. The van der Waals surface area contributed by atoms with Gasteiger partial charge in [0.2, 0.25) is 0 Å². The Kier molecular flexibility index (Phi) is 10.9. The van der Waals surface area contributed by atoms with Crippen LogP contribution in [-0.2, 0) is 18.5 Å². The van der Waals surface area contributed by atoms with Gasteiger partial charge in [-0.05, 0) is 162 Å². The molecule has 2 aromatic heterocycles. The van der Waals surface area contributed by atoms with Gasteiger partial charge in [-0.25, -0.2) is 0 Å². The fourth-order valence-electron chi connectivity index (χ4n) is 10.5. The molecule has 12 heteroatoms. The number of alkyl halides is 9. The van der Waals surface area contributed by atoms with Crippen LogP contribution in [0.3, 0.4) is 0 Å². The van der Waals surface area contributed by atoms with E-state index in [1.165, 1.54) is 18.2 Å². The normalized spacial score (nSPS) is 12.4. The fraction of sp³-hybridized carbons (Fsp3) is 0.0984. The highest BCUT2D eigenvalue weighted by atomic mass is 19.4. The van der Waals surface area contributed by atoms with Crippen LogP contribution >= 0.6 is 0 Å². The van der Waals surface area contributed by atoms with Crippen LogP contribution in [-0.4, -0.2) is 9.13 Å². The molecule has 0 spiro atoms. The van der Waals surface area contributed by atoms with E-state index in [2.05, 4.69) is 6.07 Å². The number of hydrogen-bond acceptors (Lipinski definition) is 1. The van der Waals surface area contributed by atoms with E-state index in [-0.39, 0.29) is 22.3 Å². The van der Waals surface area contributed by atoms with E-state index >= 15 is 13.2 Å². The highest BCUT2D eigenvalue weighted by Gasteiger charge is 2.36. The Labute approximate surface area is 412 Å². The molecule has 0 atom stereocenters. The Bertz CT molecular complexity index is 4100. The molecule has 9 aromatic carbocycles. The van der Waals surface area contributed by atoms with E-state index in [0.29, 0.717) is 83.2 Å². The third-order valence-electron chi connectivity index (χ3n) is 13.8. The van der Waals surface area contributed by atoms with E-state index in [1.807, 2.05) is 81.9 Å². The van der Waals surface area contributed by atoms with Gasteiger partial charge in [0.05, 0.1) is 56.1 Å². The highest BCUT2D eigenvalue weighted by Crippen LogP contribution is 2.48. The smallest absolute Gasteiger partial charge is 0.309 e. The molecular weight excluding hydrogens is 946 g/mol. The molecule has 11 rings (SSSR count). The zero-order valence-corrected chi connectivity index (χ0v) is 39.0. The van der Waals surface area contributed by atoms with Gasteiger partial charge in [-0.1, -0.05) is 90.5 Å². The molecule has 73 heavy (non-hydrogen) atoms. The second kappa shape index (κ2) is 17.1. The first kappa shape index (κ1) is 46.8. The van der Waals surface area contributed by atoms with Crippen LogP contribution in [0.15, 0.2) is 176 Å². The van der Waals surface area contributed by atoms with Crippen molar-refractivity contribution in [2.45, 2.75) is 39.3 Å². The maximum Gasteiger partial charge on any atom is 0.417 e. The van der Waals surface area contributed by atoms with Crippen molar-refractivity contribution in [2.75, 3.05) is 0 Å². The van der Waals surface area contributed by atoms with Gasteiger partial charge in [0, 0.05) is 32.8 Å². The Morgan fingerprint density at radius 2 is 0.986 bits per heavy atom. The molecule has 0 saturated heterocycles. The Hall–Kier alpha value is -8.56. The van der Waals surface area contributed by atoms with Crippen molar-refractivity contribution in [1.29, 1.82) is 5.26 Å². The molecule has 2 heterocycles. The summed E-state index contributed by atoms with van der Waals surface area (Å²) in [5.74, 6) is 0. The van der Waals surface area contributed by atoms with Crippen LogP contribution in [0.4, 0.5) is 39.5 Å². The molecule has 0 bridgehead atoms. The average Bonchev–Trinajstić information content (AvgIpc) is 3.87. The summed E-state index contributed by atoms with van der Waals surface area (Å²) >= 11 is 0. The minimum absolute atomic E-state index is 0.00652. The van der Waals surface area contributed by atoms with Gasteiger partial charge in [0.25, 0.3) is 0 Å². The van der Waals surface area contributed by atoms with Crippen molar-refractivity contribution < 1.29 is 39.5 Å². The molecular formula is C61H38F9N3. The number of hydrogen-bond donors (Lipinski definition) is 0. The largest absolute Gasteiger partial charge is 0.417 e. The zero-order chi connectivity index (χ0) is 51.3. The molecule has 0 aliphatic carbocycles. The number of para-hydroxylation sites is 2. The summed E-state index contributed by atoms with van der Waals surface area (Å²) in [5, 5.41) is 13.4. The van der Waals surface area contributed by atoms with Crippen molar-refractivity contribution >= 4 is 43.6 Å². The van der Waals surface area contributed by atoms with Gasteiger partial charge < -0.3 is 9.13 Å². The van der Waals surface area contributed by atoms with Crippen molar-refractivity contribution in [2.24, 2.45) is 0 Å². The van der Waals surface area contributed by atoms with Gasteiger partial charge in [-0.2, -0.15) is 44.8 Å². The van der Waals surface area contributed by atoms with Crippen molar-refractivity contribution in [3.63, 3.8) is 0 Å². The number of rotatable bonds is 6. The Balaban J connectivity index is 1.19. The molecule has 0 aliphatic rings. The van der Waals surface area contributed by atoms with Crippen LogP contribution in [0.5, 0.6) is 0 Å². The summed E-state index contributed by atoms with van der Waals surface area (Å²) in [7, 11) is 0. The molecule has 0 N–H and O–H groups in total. The van der Waals surface area contributed by atoms with E-state index in [0.717, 1.165) is 40.6 Å². The Morgan fingerprint density at radius 3 is 1.62 bits per heavy atom. The molecule has 3 nitrogen and oxygen atoms in total. The molecule has 0 fully saturated rings. The quantitative estimate of drug-likeness (QED) is 0.153. The lowest BCUT2D eigenvalue weighted by Gasteiger charge is -2.22. The number of benzene rings is 9. The Morgan fingerprint density at radius 1 is 0.397 bits per heavy atom. The molecule has 11 aromatic rings. The van der Waals surface area contributed by atoms with Crippen LogP contribution in [0.1, 0.15) is 38.9 Å². The highest BCUT2D eigenvalue weighted by molar-refractivity contribution is 6.12. The van der Waals surface area contributed by atoms with Gasteiger partial charge in [0.15, 0.2) is 0 Å². The van der Waals surface area contributed by atoms with Gasteiger partial charge in [-0.3, -0.25) is 0 Å². The zero-order valence-electron chi connectivity index (χ0n) is 39.0. The third-order valence-corrected chi connectivity index (χ3v) is 13.8. The maximum absolute atomic E-state index is 15.2. The summed E-state index contributed by atoms with van der Waals surface area (Å²) in [4.78, 5) is 0. The standard InChI is InChI=1S/C61H38F9N3/c1-34-15-21-43(52(27-34)61(68,69)70)39-18-26-57-50(31-39)45-11-5-7-14-54(45)73(57)56-24-16-37(33-71)29-48(56)47-32-41(20-23-46(47)58-35(2)9-8-12-51(58)60(65,66)67)72-53-13-6-4-10-44(53)49-30-38(17-25-55(49)72)42-22-19-40(28-36(42)3)59(62,63)64/h4-32H,1-3H3. The molecule has 0 aliphatic heterocycles. The number of nitriles is 1. The SMILES string of the molecule is Cc1ccc(-c2ccc3c(c2)c2ccccc2n3-c2ccc(C#N)cc2-c2cc(-n3c4ccccc4c4cc(-c5ccc(C(F)(F)F)cc5C)ccc43)ccc2-c2c(C)cccc2C(F)(F)F)c(C(F)(F)F)c1. The number of fused-ring (bicyclic) bond motifs is 6. The van der Waals surface area contributed by atoms with Crippen LogP contribution in [0.2, 0.25) is 0 Å². The topological polar surface area (TPSA) is 33.6 Å². The van der Waals surface area contributed by atoms with Crippen molar-refractivity contribution in [1.82, 2.24) is 9.13 Å². The van der Waals surface area contributed by atoms with E-state index in [9.17, 15) is 31.6 Å². The van der Waals surface area contributed by atoms with Crippen LogP contribution in [0.25, 0.3) is 99.5 Å². The molecule has 0 amide bonds. The number of halogens is 9. The number of aryl methyl sites for hydroxylation is 3. The minimum atomic E-state index is -4.77. The molecule has 0 unspecified atom stereocenters. The summed E-state index contributed by atoms with van der Waals surface area (Å²) in [6.45, 7) is 4.84. The first-order valence-corrected chi connectivity index (χ1v) is 23.1. The van der Waals surface area contributed by atoms with Crippen molar-refractivity contribution in [3.8, 4) is 62.0 Å². The summed E-state index contributed by atoms with van der Waals surface area (Å²) in [6.07, 6.45) is -13.9. The predicted molar refractivity (Wildman–Crippen MR) is 271 cm³/mol. The van der Waals surface area contributed by atoms with E-state index in [1.54, 1.807) is 81.4 Å². The molecule has 0 saturated carbocycles. The summed E-state index contributed by atoms with van der Waals surface area (Å²) < 4.78 is 134. The molecule has 360 valence electrons. The van der Waals surface area contributed by atoms with E-state index in [4.69, 9.17) is 0 Å². The van der Waals surface area contributed by atoms with Crippen LogP contribution < -0.4 is 0 Å². The second-order valence-electron chi connectivity index (χ2n) is 18.3. The first-order chi connectivity index (χ1) is 34.8. The van der Waals surface area contributed by atoms with Gasteiger partial charge in [-0.15, -0.1) is 0 Å². The third kappa shape index (κ3) is 7.96. The lowest BCUT2D eigenvalue weighted by molar-refractivity contribution is -0.138. The second-order valence-corrected chi connectivity index (χ2v) is 18.3. The molecule has 0 radical (unpaired) electrons. The van der Waals surface area contributed by atoms with Crippen molar-refractivity contribution in [3.05, 3.63) is 215 Å². The lowest BCUT2D eigenvalue weighted by atomic mass is 9.87. The monoisotopic (exact) mass is 983 g/mol. The fourth-order valence-corrected chi connectivity index (χ4v) is 10.5. The minimum Gasteiger partial charge on any atom is -0.309 e. The average molecular weight is 984 g/mol. The maximum atomic E-state index is 15.2. The summed E-state index contributed by atoms with van der Waals surface area (Å²) in [5.41, 5.74) is 5.42. The van der Waals surface area contributed by atoms with Gasteiger partial charge >= 0.3 is 18.5 Å². The number of aromatic nitrogens is 2. The van der Waals surface area contributed by atoms with Gasteiger partial charge in [0.1, 0.15) is 0 Å².